The molecule has 0 aliphatic carbocycles. The Morgan fingerprint density at radius 2 is 2.13 bits per heavy atom. The van der Waals surface area contributed by atoms with Crippen molar-refractivity contribution in [2.75, 3.05) is 0 Å². The molecular weight excluding hydrogens is 312 g/mol. The molecule has 0 bridgehead atoms. The molecule has 1 aromatic carbocycles. The van der Waals surface area contributed by atoms with Crippen LogP contribution < -0.4 is 5.32 Å². The minimum Gasteiger partial charge on any atom is -0.348 e. The molecule has 0 aliphatic rings. The summed E-state index contributed by atoms with van der Waals surface area (Å²) in [7, 11) is 0. The lowest BCUT2D eigenvalue weighted by Gasteiger charge is -2.08. The summed E-state index contributed by atoms with van der Waals surface area (Å²) in [4.78, 5) is 16.5. The Hall–Kier alpha value is -2.66. The van der Waals surface area contributed by atoms with Crippen LogP contribution in [-0.4, -0.2) is 20.7 Å². The largest absolute Gasteiger partial charge is 0.348 e. The first-order valence-corrected chi connectivity index (χ1v) is 7.50. The van der Waals surface area contributed by atoms with E-state index in [1.54, 1.807) is 41.5 Å². The number of aromatic nitrogens is 3. The van der Waals surface area contributed by atoms with Gasteiger partial charge in [0.1, 0.15) is 0 Å². The Labute approximate surface area is 138 Å². The normalized spacial score (nSPS) is 10.5. The fourth-order valence-corrected chi connectivity index (χ4v) is 2.31. The monoisotopic (exact) mass is 326 g/mol. The Kier molecular flexibility index (Phi) is 4.39. The van der Waals surface area contributed by atoms with Gasteiger partial charge in [0.15, 0.2) is 5.82 Å². The number of carbonyl (C=O) groups excluding carboxylic acids is 1. The van der Waals surface area contributed by atoms with E-state index in [4.69, 9.17) is 11.6 Å². The van der Waals surface area contributed by atoms with Crippen molar-refractivity contribution in [3.63, 3.8) is 0 Å². The first-order chi connectivity index (χ1) is 11.1. The van der Waals surface area contributed by atoms with E-state index in [-0.39, 0.29) is 5.91 Å². The number of pyridine rings is 1. The van der Waals surface area contributed by atoms with Gasteiger partial charge >= 0.3 is 0 Å². The average Bonchev–Trinajstić information content (AvgIpc) is 3.10. The molecule has 0 aliphatic heterocycles. The third-order valence-corrected chi connectivity index (χ3v) is 3.85. The molecule has 0 saturated heterocycles. The molecule has 2 aromatic heterocycles. The average molecular weight is 327 g/mol. The summed E-state index contributed by atoms with van der Waals surface area (Å²) in [5.41, 5.74) is 2.53. The predicted molar refractivity (Wildman–Crippen MR) is 88.7 cm³/mol. The van der Waals surface area contributed by atoms with Crippen LogP contribution in [0.3, 0.4) is 0 Å². The zero-order valence-electron chi connectivity index (χ0n) is 12.5. The van der Waals surface area contributed by atoms with E-state index in [0.29, 0.717) is 17.9 Å². The quantitative estimate of drug-likeness (QED) is 0.801. The highest BCUT2D eigenvalue weighted by molar-refractivity contribution is 6.31. The number of nitrogens with zero attached hydrogens (tertiary/aromatic N) is 3. The highest BCUT2D eigenvalue weighted by Gasteiger charge is 2.08. The van der Waals surface area contributed by atoms with Gasteiger partial charge < -0.3 is 5.32 Å². The zero-order valence-corrected chi connectivity index (χ0v) is 13.3. The SMILES string of the molecule is Cc1cc(CNC(=O)c2ccnc(-n3cccn3)c2)ccc1Cl. The number of hydrogen-bond acceptors (Lipinski definition) is 3. The maximum absolute atomic E-state index is 12.3. The van der Waals surface area contributed by atoms with Crippen molar-refractivity contribution in [3.05, 3.63) is 76.7 Å². The number of nitrogens with one attached hydrogen (secondary N) is 1. The highest BCUT2D eigenvalue weighted by atomic mass is 35.5. The first kappa shape index (κ1) is 15.2. The maximum Gasteiger partial charge on any atom is 0.251 e. The second-order valence-electron chi connectivity index (χ2n) is 5.12. The molecule has 0 atom stereocenters. The van der Waals surface area contributed by atoms with E-state index in [0.717, 1.165) is 16.1 Å². The van der Waals surface area contributed by atoms with Gasteiger partial charge in [0.05, 0.1) is 0 Å². The lowest BCUT2D eigenvalue weighted by molar-refractivity contribution is 0.0950. The molecule has 1 amide bonds. The number of halogens is 1. The first-order valence-electron chi connectivity index (χ1n) is 7.13. The molecule has 2 heterocycles. The molecule has 0 saturated carbocycles. The van der Waals surface area contributed by atoms with Crippen LogP contribution in [0.1, 0.15) is 21.5 Å². The smallest absolute Gasteiger partial charge is 0.251 e. The van der Waals surface area contributed by atoms with Crippen LogP contribution in [0.25, 0.3) is 5.82 Å². The molecule has 3 aromatic rings. The van der Waals surface area contributed by atoms with Crippen molar-refractivity contribution in [1.82, 2.24) is 20.1 Å². The third-order valence-electron chi connectivity index (χ3n) is 3.42. The van der Waals surface area contributed by atoms with Crippen LogP contribution in [-0.2, 0) is 6.54 Å². The molecule has 5 nitrogen and oxygen atoms in total. The number of carbonyl (C=O) groups is 1. The standard InChI is InChI=1S/C17H15ClN4O/c1-12-9-13(3-4-15(12)18)11-20-17(23)14-5-7-19-16(10-14)22-8-2-6-21-22/h2-10H,11H2,1H3,(H,20,23). The Morgan fingerprint density at radius 1 is 1.26 bits per heavy atom. The van der Waals surface area contributed by atoms with Crippen LogP contribution in [0.2, 0.25) is 5.02 Å². The highest BCUT2D eigenvalue weighted by Crippen LogP contribution is 2.16. The van der Waals surface area contributed by atoms with Crippen molar-refractivity contribution in [2.24, 2.45) is 0 Å². The van der Waals surface area contributed by atoms with E-state index in [2.05, 4.69) is 15.4 Å². The third kappa shape index (κ3) is 3.57. The van der Waals surface area contributed by atoms with E-state index < -0.39 is 0 Å². The number of benzene rings is 1. The lowest BCUT2D eigenvalue weighted by atomic mass is 10.1. The van der Waals surface area contributed by atoms with Crippen LogP contribution in [0.15, 0.2) is 55.0 Å². The van der Waals surface area contributed by atoms with Gasteiger partial charge in [-0.25, -0.2) is 9.67 Å². The fourth-order valence-electron chi connectivity index (χ4n) is 2.19. The summed E-state index contributed by atoms with van der Waals surface area (Å²) in [6, 6.07) is 10.9. The van der Waals surface area contributed by atoms with Crippen LogP contribution >= 0.6 is 11.6 Å². The molecule has 1 N–H and O–H groups in total. The summed E-state index contributed by atoms with van der Waals surface area (Å²) in [5.74, 6) is 0.443. The number of rotatable bonds is 4. The molecule has 6 heteroatoms. The Bertz CT molecular complexity index is 830. The zero-order chi connectivity index (χ0) is 16.2. The molecule has 0 fully saturated rings. The number of hydrogen-bond donors (Lipinski definition) is 1. The number of aryl methyl sites for hydroxylation is 1. The molecule has 0 unspecified atom stereocenters. The number of amides is 1. The lowest BCUT2D eigenvalue weighted by Crippen LogP contribution is -2.23. The van der Waals surface area contributed by atoms with Gasteiger partial charge in [-0.05, 0) is 42.3 Å². The molecule has 0 spiro atoms. The molecular formula is C17H15ClN4O. The summed E-state index contributed by atoms with van der Waals surface area (Å²) in [6.07, 6.45) is 5.04. The predicted octanol–water partition coefficient (Wildman–Crippen LogP) is 3.16. The van der Waals surface area contributed by atoms with Crippen LogP contribution in [0, 0.1) is 6.92 Å². The van der Waals surface area contributed by atoms with Gasteiger partial charge in [-0.1, -0.05) is 23.7 Å². The van der Waals surface area contributed by atoms with Crippen LogP contribution in [0.4, 0.5) is 0 Å². The van der Waals surface area contributed by atoms with E-state index in [9.17, 15) is 4.79 Å². The van der Waals surface area contributed by atoms with Crippen molar-refractivity contribution in [2.45, 2.75) is 13.5 Å². The van der Waals surface area contributed by atoms with Crippen molar-refractivity contribution < 1.29 is 4.79 Å². The van der Waals surface area contributed by atoms with Crippen molar-refractivity contribution in [1.29, 1.82) is 0 Å². The molecule has 116 valence electrons. The second-order valence-corrected chi connectivity index (χ2v) is 5.53. The van der Waals surface area contributed by atoms with E-state index in [1.165, 1.54) is 0 Å². The van der Waals surface area contributed by atoms with E-state index in [1.807, 2.05) is 25.1 Å². The summed E-state index contributed by atoms with van der Waals surface area (Å²) in [6.45, 7) is 2.38. The maximum atomic E-state index is 12.3. The van der Waals surface area contributed by atoms with Crippen molar-refractivity contribution in [3.8, 4) is 5.82 Å². The van der Waals surface area contributed by atoms with Gasteiger partial charge in [-0.2, -0.15) is 5.10 Å². The van der Waals surface area contributed by atoms with E-state index >= 15 is 0 Å². The summed E-state index contributed by atoms with van der Waals surface area (Å²) < 4.78 is 1.61. The Balaban J connectivity index is 1.71. The van der Waals surface area contributed by atoms with Gasteiger partial charge in [-0.3, -0.25) is 4.79 Å². The van der Waals surface area contributed by atoms with Crippen molar-refractivity contribution >= 4 is 17.5 Å². The van der Waals surface area contributed by atoms with Gasteiger partial charge in [0.2, 0.25) is 0 Å². The van der Waals surface area contributed by atoms with Gasteiger partial charge in [0.25, 0.3) is 5.91 Å². The summed E-state index contributed by atoms with van der Waals surface area (Å²) >= 11 is 6.00. The minimum absolute atomic E-state index is 0.159. The van der Waals surface area contributed by atoms with Crippen LogP contribution in [0.5, 0.6) is 0 Å². The summed E-state index contributed by atoms with van der Waals surface area (Å²) in [5, 5.41) is 7.72. The topological polar surface area (TPSA) is 59.8 Å². The van der Waals surface area contributed by atoms with Gasteiger partial charge in [0, 0.05) is 35.7 Å². The minimum atomic E-state index is -0.159. The Morgan fingerprint density at radius 3 is 2.87 bits per heavy atom. The van der Waals surface area contributed by atoms with Gasteiger partial charge in [-0.15, -0.1) is 0 Å². The second kappa shape index (κ2) is 6.62. The fraction of sp³-hybridized carbons (Fsp3) is 0.118. The molecule has 3 rings (SSSR count). The molecule has 23 heavy (non-hydrogen) atoms. The molecule has 0 radical (unpaired) electrons.